The molecule has 0 aromatic carbocycles. The molecule has 1 heterocycles. The predicted octanol–water partition coefficient (Wildman–Crippen LogP) is 2.65. The number of nitrogens with zero attached hydrogens (tertiary/aromatic N) is 1. The summed E-state index contributed by atoms with van der Waals surface area (Å²) in [5.41, 5.74) is 0. The van der Waals surface area contributed by atoms with Crippen molar-refractivity contribution in [3.8, 4) is 0 Å². The van der Waals surface area contributed by atoms with Gasteiger partial charge in [0.2, 0.25) is 0 Å². The largest absolute Gasteiger partial charge is 0.384 e. The lowest BCUT2D eigenvalue weighted by atomic mass is 9.85. The van der Waals surface area contributed by atoms with Gasteiger partial charge in [-0.25, -0.2) is 0 Å². The third kappa shape index (κ3) is 4.87. The summed E-state index contributed by atoms with van der Waals surface area (Å²) in [6.45, 7) is 15.5. The highest BCUT2D eigenvalue weighted by Crippen LogP contribution is 2.23. The molecule has 5 atom stereocenters. The van der Waals surface area contributed by atoms with E-state index in [1.165, 1.54) is 6.54 Å². The number of ether oxygens (including phenoxy) is 2. The molecule has 3 nitrogen and oxygen atoms in total. The molecular formula is C15H31NO2. The fourth-order valence-corrected chi connectivity index (χ4v) is 2.98. The number of methoxy groups -OCH3 is 1. The second-order valence-electron chi connectivity index (χ2n) is 6.24. The molecule has 0 aromatic heterocycles. The van der Waals surface area contributed by atoms with Crippen LogP contribution >= 0.6 is 0 Å². The molecule has 0 radical (unpaired) electrons. The molecule has 0 bridgehead atoms. The highest BCUT2D eigenvalue weighted by molar-refractivity contribution is 4.77. The van der Waals surface area contributed by atoms with Gasteiger partial charge in [-0.3, -0.25) is 4.90 Å². The standard InChI is InChI=1S/C15H31NO2/c1-11(15(5)12(2)10-17-6)7-16-8-13(3)18-14(4)9-16/h11-15H,7-10H2,1-6H3/t11?,12?,13-,14+,15-/m1/s1. The molecule has 0 amide bonds. The molecule has 18 heavy (non-hydrogen) atoms. The van der Waals surface area contributed by atoms with E-state index in [0.717, 1.165) is 19.7 Å². The number of hydrogen-bond donors (Lipinski definition) is 0. The SMILES string of the molecule is COCC(C)[C@H](C)C(C)CN1C[C@@H](C)O[C@@H](C)C1. The summed E-state index contributed by atoms with van der Waals surface area (Å²) in [5, 5.41) is 0. The molecule has 2 unspecified atom stereocenters. The molecule has 3 heteroatoms. The van der Waals surface area contributed by atoms with Gasteiger partial charge in [0.1, 0.15) is 0 Å². The Balaban J connectivity index is 2.40. The highest BCUT2D eigenvalue weighted by atomic mass is 16.5. The monoisotopic (exact) mass is 257 g/mol. The summed E-state index contributed by atoms with van der Waals surface area (Å²) in [7, 11) is 1.79. The first kappa shape index (κ1) is 15.9. The van der Waals surface area contributed by atoms with Crippen LogP contribution in [0.4, 0.5) is 0 Å². The van der Waals surface area contributed by atoms with Crippen LogP contribution in [0, 0.1) is 17.8 Å². The number of hydrogen-bond acceptors (Lipinski definition) is 3. The van der Waals surface area contributed by atoms with E-state index >= 15 is 0 Å². The van der Waals surface area contributed by atoms with Crippen molar-refractivity contribution in [2.45, 2.75) is 46.8 Å². The molecule has 108 valence electrons. The Morgan fingerprint density at radius 3 is 2.17 bits per heavy atom. The first-order chi connectivity index (χ1) is 8.43. The van der Waals surface area contributed by atoms with E-state index in [-0.39, 0.29) is 0 Å². The van der Waals surface area contributed by atoms with Crippen LogP contribution in [-0.2, 0) is 9.47 Å². The summed E-state index contributed by atoms with van der Waals surface area (Å²) in [6.07, 6.45) is 0.736. The van der Waals surface area contributed by atoms with E-state index in [9.17, 15) is 0 Å². The van der Waals surface area contributed by atoms with Gasteiger partial charge >= 0.3 is 0 Å². The average molecular weight is 257 g/mol. The van der Waals surface area contributed by atoms with Crippen molar-refractivity contribution >= 4 is 0 Å². The third-order valence-corrected chi connectivity index (χ3v) is 4.27. The van der Waals surface area contributed by atoms with Crippen molar-refractivity contribution in [1.29, 1.82) is 0 Å². The van der Waals surface area contributed by atoms with Gasteiger partial charge in [-0.05, 0) is 31.6 Å². The van der Waals surface area contributed by atoms with Crippen molar-refractivity contribution in [2.75, 3.05) is 33.4 Å². The van der Waals surface area contributed by atoms with Crippen LogP contribution in [0.1, 0.15) is 34.6 Å². The van der Waals surface area contributed by atoms with Gasteiger partial charge in [0.05, 0.1) is 12.2 Å². The Bertz CT molecular complexity index is 225. The quantitative estimate of drug-likeness (QED) is 0.730. The molecule has 1 rings (SSSR count). The maximum atomic E-state index is 5.78. The normalized spacial score (nSPS) is 31.0. The van der Waals surface area contributed by atoms with Crippen LogP contribution in [0.15, 0.2) is 0 Å². The Labute approximate surface area is 113 Å². The van der Waals surface area contributed by atoms with E-state index in [1.807, 2.05) is 0 Å². The molecule has 0 spiro atoms. The second-order valence-corrected chi connectivity index (χ2v) is 6.24. The molecule has 0 aromatic rings. The van der Waals surface area contributed by atoms with Crippen LogP contribution in [-0.4, -0.2) is 50.5 Å². The van der Waals surface area contributed by atoms with Crippen molar-refractivity contribution < 1.29 is 9.47 Å². The Morgan fingerprint density at radius 2 is 1.67 bits per heavy atom. The van der Waals surface area contributed by atoms with Crippen LogP contribution in [0.3, 0.4) is 0 Å². The van der Waals surface area contributed by atoms with Crippen molar-refractivity contribution in [2.24, 2.45) is 17.8 Å². The fourth-order valence-electron chi connectivity index (χ4n) is 2.98. The Hall–Kier alpha value is -0.120. The van der Waals surface area contributed by atoms with Gasteiger partial charge < -0.3 is 9.47 Å². The first-order valence-electron chi connectivity index (χ1n) is 7.30. The van der Waals surface area contributed by atoms with Crippen LogP contribution < -0.4 is 0 Å². The van der Waals surface area contributed by atoms with Gasteiger partial charge in [-0.2, -0.15) is 0 Å². The number of rotatable bonds is 6. The minimum Gasteiger partial charge on any atom is -0.384 e. The summed E-state index contributed by atoms with van der Waals surface area (Å²) in [5.74, 6) is 2.02. The van der Waals surface area contributed by atoms with Gasteiger partial charge in [-0.1, -0.05) is 20.8 Å². The predicted molar refractivity (Wildman–Crippen MR) is 75.8 cm³/mol. The lowest BCUT2D eigenvalue weighted by molar-refractivity contribution is -0.0735. The number of morpholine rings is 1. The third-order valence-electron chi connectivity index (χ3n) is 4.27. The maximum absolute atomic E-state index is 5.78. The first-order valence-corrected chi connectivity index (χ1v) is 7.30. The second kappa shape index (κ2) is 7.46. The summed E-state index contributed by atoms with van der Waals surface area (Å²) in [4.78, 5) is 2.56. The van der Waals surface area contributed by atoms with E-state index in [1.54, 1.807) is 7.11 Å². The van der Waals surface area contributed by atoms with Gasteiger partial charge in [0.15, 0.2) is 0 Å². The van der Waals surface area contributed by atoms with Gasteiger partial charge in [-0.15, -0.1) is 0 Å². The molecule has 1 aliphatic rings. The smallest absolute Gasteiger partial charge is 0.0678 e. The molecule has 1 fully saturated rings. The Morgan fingerprint density at radius 1 is 1.11 bits per heavy atom. The van der Waals surface area contributed by atoms with E-state index < -0.39 is 0 Å². The fraction of sp³-hybridized carbons (Fsp3) is 1.00. The van der Waals surface area contributed by atoms with Crippen LogP contribution in [0.25, 0.3) is 0 Å². The summed E-state index contributed by atoms with van der Waals surface area (Å²) >= 11 is 0. The Kier molecular flexibility index (Phi) is 6.61. The zero-order valence-corrected chi connectivity index (χ0v) is 13.0. The average Bonchev–Trinajstić information content (AvgIpc) is 2.26. The van der Waals surface area contributed by atoms with Crippen molar-refractivity contribution in [1.82, 2.24) is 4.90 Å². The van der Waals surface area contributed by atoms with Crippen molar-refractivity contribution in [3.63, 3.8) is 0 Å². The molecule has 1 saturated heterocycles. The zero-order valence-electron chi connectivity index (χ0n) is 13.0. The summed E-state index contributed by atoms with van der Waals surface area (Å²) in [6, 6.07) is 0. The van der Waals surface area contributed by atoms with Crippen LogP contribution in [0.5, 0.6) is 0 Å². The van der Waals surface area contributed by atoms with Gasteiger partial charge in [0.25, 0.3) is 0 Å². The van der Waals surface area contributed by atoms with Gasteiger partial charge in [0, 0.05) is 33.4 Å². The van der Waals surface area contributed by atoms with E-state index in [4.69, 9.17) is 9.47 Å². The van der Waals surface area contributed by atoms with Crippen molar-refractivity contribution in [3.05, 3.63) is 0 Å². The van der Waals surface area contributed by atoms with E-state index in [0.29, 0.717) is 30.0 Å². The lowest BCUT2D eigenvalue weighted by Crippen LogP contribution is -2.47. The topological polar surface area (TPSA) is 21.7 Å². The maximum Gasteiger partial charge on any atom is 0.0678 e. The molecule has 0 saturated carbocycles. The minimum atomic E-state index is 0.368. The molecule has 1 aliphatic heterocycles. The minimum absolute atomic E-state index is 0.368. The van der Waals surface area contributed by atoms with Crippen LogP contribution in [0.2, 0.25) is 0 Å². The summed E-state index contributed by atoms with van der Waals surface area (Å²) < 4.78 is 11.0. The zero-order chi connectivity index (χ0) is 13.7. The molecule has 0 aliphatic carbocycles. The molecule has 0 N–H and O–H groups in total. The lowest BCUT2D eigenvalue weighted by Gasteiger charge is -2.38. The molecular weight excluding hydrogens is 226 g/mol. The van der Waals surface area contributed by atoms with E-state index in [2.05, 4.69) is 39.5 Å². The highest BCUT2D eigenvalue weighted by Gasteiger charge is 2.26.